The van der Waals surface area contributed by atoms with Gasteiger partial charge in [-0.3, -0.25) is 14.9 Å². The molecule has 3 aromatic carbocycles. The van der Waals surface area contributed by atoms with E-state index in [9.17, 15) is 14.9 Å². The van der Waals surface area contributed by atoms with Gasteiger partial charge in [0.1, 0.15) is 5.75 Å². The monoisotopic (exact) mass is 376 g/mol. The van der Waals surface area contributed by atoms with Crippen molar-refractivity contribution in [3.8, 4) is 5.75 Å². The van der Waals surface area contributed by atoms with Crippen LogP contribution in [0, 0.1) is 10.1 Å². The molecule has 3 aromatic rings. The van der Waals surface area contributed by atoms with Crippen molar-refractivity contribution in [3.63, 3.8) is 0 Å². The lowest BCUT2D eigenvalue weighted by atomic mass is 9.91. The SMILES string of the molecule is COc1ccc([N+](=O)[O-])cc1NC(=O)C(Cc1ccccc1)c1ccccc1. The van der Waals surface area contributed by atoms with Crippen molar-refractivity contribution in [1.29, 1.82) is 0 Å². The summed E-state index contributed by atoms with van der Waals surface area (Å²) in [4.78, 5) is 23.7. The number of carbonyl (C=O) groups excluding carboxylic acids is 1. The summed E-state index contributed by atoms with van der Waals surface area (Å²) in [6.45, 7) is 0. The highest BCUT2D eigenvalue weighted by molar-refractivity contribution is 5.97. The largest absolute Gasteiger partial charge is 0.495 e. The number of nitro groups is 1. The molecule has 0 aliphatic heterocycles. The number of nitro benzene ring substituents is 1. The highest BCUT2D eigenvalue weighted by Crippen LogP contribution is 2.31. The maximum Gasteiger partial charge on any atom is 0.271 e. The van der Waals surface area contributed by atoms with Crippen molar-refractivity contribution in [2.45, 2.75) is 12.3 Å². The van der Waals surface area contributed by atoms with Crippen LogP contribution in [0.1, 0.15) is 17.0 Å². The Morgan fingerprint density at radius 2 is 1.68 bits per heavy atom. The third-order valence-electron chi connectivity index (χ3n) is 4.45. The molecule has 28 heavy (non-hydrogen) atoms. The maximum atomic E-state index is 13.1. The van der Waals surface area contributed by atoms with Gasteiger partial charge in [0.2, 0.25) is 5.91 Å². The zero-order valence-corrected chi connectivity index (χ0v) is 15.4. The van der Waals surface area contributed by atoms with Gasteiger partial charge in [-0.25, -0.2) is 0 Å². The zero-order chi connectivity index (χ0) is 19.9. The van der Waals surface area contributed by atoms with Crippen LogP contribution in [0.2, 0.25) is 0 Å². The molecule has 1 unspecified atom stereocenters. The molecule has 3 rings (SSSR count). The molecule has 1 amide bonds. The molecule has 1 N–H and O–H groups in total. The van der Waals surface area contributed by atoms with Crippen LogP contribution in [0.25, 0.3) is 0 Å². The van der Waals surface area contributed by atoms with Gasteiger partial charge in [0.15, 0.2) is 0 Å². The summed E-state index contributed by atoms with van der Waals surface area (Å²) in [5, 5.41) is 13.9. The second-order valence-corrected chi connectivity index (χ2v) is 6.28. The minimum absolute atomic E-state index is 0.115. The molecule has 0 fully saturated rings. The number of hydrogen-bond acceptors (Lipinski definition) is 4. The van der Waals surface area contributed by atoms with Crippen LogP contribution < -0.4 is 10.1 Å². The number of nitrogens with zero attached hydrogens (tertiary/aromatic N) is 1. The first kappa shape index (κ1) is 19.1. The lowest BCUT2D eigenvalue weighted by molar-refractivity contribution is -0.384. The van der Waals surface area contributed by atoms with E-state index in [0.717, 1.165) is 11.1 Å². The van der Waals surface area contributed by atoms with Crippen molar-refractivity contribution in [2.75, 3.05) is 12.4 Å². The standard InChI is InChI=1S/C22H20N2O4/c1-28-21-13-12-18(24(26)27)15-20(21)23-22(25)19(17-10-6-3-7-11-17)14-16-8-4-2-5-9-16/h2-13,15,19H,14H2,1H3,(H,23,25). The van der Waals surface area contributed by atoms with Gasteiger partial charge in [-0.05, 0) is 23.6 Å². The number of hydrogen-bond donors (Lipinski definition) is 1. The van der Waals surface area contributed by atoms with Gasteiger partial charge in [0.25, 0.3) is 5.69 Å². The Balaban J connectivity index is 1.92. The van der Waals surface area contributed by atoms with Gasteiger partial charge < -0.3 is 10.1 Å². The number of non-ortho nitro benzene ring substituents is 1. The topological polar surface area (TPSA) is 81.5 Å². The average molecular weight is 376 g/mol. The van der Waals surface area contributed by atoms with Crippen LogP contribution >= 0.6 is 0 Å². The molecule has 0 aliphatic carbocycles. The molecular formula is C22H20N2O4. The average Bonchev–Trinajstić information content (AvgIpc) is 2.73. The molecule has 0 bridgehead atoms. The predicted molar refractivity (Wildman–Crippen MR) is 108 cm³/mol. The minimum Gasteiger partial charge on any atom is -0.495 e. The highest BCUT2D eigenvalue weighted by atomic mass is 16.6. The molecule has 0 radical (unpaired) electrons. The number of rotatable bonds is 7. The van der Waals surface area contributed by atoms with E-state index in [1.54, 1.807) is 0 Å². The van der Waals surface area contributed by atoms with Gasteiger partial charge in [-0.2, -0.15) is 0 Å². The van der Waals surface area contributed by atoms with Crippen LogP contribution in [0.3, 0.4) is 0 Å². The van der Waals surface area contributed by atoms with Crippen molar-refractivity contribution in [3.05, 3.63) is 100 Å². The summed E-state index contributed by atoms with van der Waals surface area (Å²) in [6, 6.07) is 23.3. The first-order valence-electron chi connectivity index (χ1n) is 8.80. The lowest BCUT2D eigenvalue weighted by Gasteiger charge is -2.18. The van der Waals surface area contributed by atoms with E-state index < -0.39 is 10.8 Å². The van der Waals surface area contributed by atoms with Gasteiger partial charge >= 0.3 is 0 Å². The molecule has 0 aromatic heterocycles. The van der Waals surface area contributed by atoms with E-state index in [2.05, 4.69) is 5.32 Å². The van der Waals surface area contributed by atoms with Crippen molar-refractivity contribution in [1.82, 2.24) is 0 Å². The molecule has 6 nitrogen and oxygen atoms in total. The Bertz CT molecular complexity index is 959. The van der Waals surface area contributed by atoms with Crippen LogP contribution in [0.15, 0.2) is 78.9 Å². The Morgan fingerprint density at radius 1 is 1.04 bits per heavy atom. The minimum atomic E-state index is -0.506. The molecule has 0 saturated heterocycles. The van der Waals surface area contributed by atoms with Gasteiger partial charge in [-0.15, -0.1) is 0 Å². The van der Waals surface area contributed by atoms with Crippen LogP contribution in [-0.2, 0) is 11.2 Å². The first-order chi connectivity index (χ1) is 13.6. The van der Waals surface area contributed by atoms with Crippen molar-refractivity contribution >= 4 is 17.3 Å². The maximum absolute atomic E-state index is 13.1. The van der Waals surface area contributed by atoms with Crippen molar-refractivity contribution < 1.29 is 14.5 Å². The third-order valence-corrected chi connectivity index (χ3v) is 4.45. The number of carbonyl (C=O) groups is 1. The number of methoxy groups -OCH3 is 1. The van der Waals surface area contributed by atoms with E-state index in [1.165, 1.54) is 25.3 Å². The van der Waals surface area contributed by atoms with Crippen LogP contribution in [-0.4, -0.2) is 17.9 Å². The lowest BCUT2D eigenvalue weighted by Crippen LogP contribution is -2.23. The normalized spacial score (nSPS) is 11.5. The second kappa shape index (κ2) is 8.81. The molecule has 0 aliphatic rings. The Morgan fingerprint density at radius 3 is 2.29 bits per heavy atom. The second-order valence-electron chi connectivity index (χ2n) is 6.28. The fourth-order valence-corrected chi connectivity index (χ4v) is 3.02. The molecule has 1 atom stereocenters. The summed E-state index contributed by atoms with van der Waals surface area (Å²) < 4.78 is 5.25. The quantitative estimate of drug-likeness (QED) is 0.484. The Labute approximate surface area is 162 Å². The Hall–Kier alpha value is -3.67. The fraction of sp³-hybridized carbons (Fsp3) is 0.136. The Kier molecular flexibility index (Phi) is 6.01. The van der Waals surface area contributed by atoms with Gasteiger partial charge in [0.05, 0.1) is 23.6 Å². The van der Waals surface area contributed by atoms with Gasteiger partial charge in [-0.1, -0.05) is 60.7 Å². The zero-order valence-electron chi connectivity index (χ0n) is 15.4. The number of ether oxygens (including phenoxy) is 1. The summed E-state index contributed by atoms with van der Waals surface area (Å²) in [5.74, 6) is -0.341. The molecule has 0 spiro atoms. The first-order valence-corrected chi connectivity index (χ1v) is 8.80. The van der Waals surface area contributed by atoms with Crippen molar-refractivity contribution in [2.24, 2.45) is 0 Å². The summed E-state index contributed by atoms with van der Waals surface area (Å²) in [5.41, 5.74) is 2.05. The molecule has 6 heteroatoms. The van der Waals surface area contributed by atoms with Gasteiger partial charge in [0, 0.05) is 12.1 Å². The predicted octanol–water partition coefficient (Wildman–Crippen LogP) is 4.57. The van der Waals surface area contributed by atoms with E-state index in [-0.39, 0.29) is 17.3 Å². The summed E-state index contributed by atoms with van der Waals surface area (Å²) in [7, 11) is 1.45. The highest BCUT2D eigenvalue weighted by Gasteiger charge is 2.23. The molecule has 0 heterocycles. The number of nitrogens with one attached hydrogen (secondary N) is 1. The number of anilines is 1. The molecular weight excluding hydrogens is 356 g/mol. The van der Waals surface area contributed by atoms with E-state index >= 15 is 0 Å². The molecule has 0 saturated carbocycles. The summed E-state index contributed by atoms with van der Waals surface area (Å²) in [6.07, 6.45) is 0.508. The van der Waals surface area contributed by atoms with Crippen LogP contribution in [0.4, 0.5) is 11.4 Å². The number of amides is 1. The van der Waals surface area contributed by atoms with Crippen LogP contribution in [0.5, 0.6) is 5.75 Å². The smallest absolute Gasteiger partial charge is 0.271 e. The van der Waals surface area contributed by atoms with E-state index in [1.807, 2.05) is 60.7 Å². The molecule has 142 valence electrons. The van der Waals surface area contributed by atoms with E-state index in [0.29, 0.717) is 12.2 Å². The fourth-order valence-electron chi connectivity index (χ4n) is 3.02. The third kappa shape index (κ3) is 4.54. The summed E-state index contributed by atoms with van der Waals surface area (Å²) >= 11 is 0. The van der Waals surface area contributed by atoms with E-state index in [4.69, 9.17) is 4.74 Å². The number of benzene rings is 3.